The number of para-hydroxylation sites is 1. The lowest BCUT2D eigenvalue weighted by atomic mass is 10.2. The molecule has 2 rings (SSSR count). The number of benzene rings is 1. The third kappa shape index (κ3) is 3.82. The second-order valence-corrected chi connectivity index (χ2v) is 4.45. The summed E-state index contributed by atoms with van der Waals surface area (Å²) < 4.78 is 12.5. The Morgan fingerprint density at radius 3 is 2.90 bits per heavy atom. The van der Waals surface area contributed by atoms with Gasteiger partial charge in [-0.15, -0.1) is 0 Å². The topological polar surface area (TPSA) is 48.3 Å². The molecule has 0 saturated heterocycles. The number of rotatable bonds is 8. The van der Waals surface area contributed by atoms with Gasteiger partial charge >= 0.3 is 0 Å². The van der Waals surface area contributed by atoms with Crippen molar-refractivity contribution < 1.29 is 9.47 Å². The number of hydrogen-bond acceptors (Lipinski definition) is 4. The number of hydrogen-bond donors (Lipinski definition) is 1. The first-order chi connectivity index (χ1) is 9.85. The molecule has 1 heterocycles. The van der Waals surface area contributed by atoms with Gasteiger partial charge in [-0.3, -0.25) is 0 Å². The number of ether oxygens (including phenoxy) is 2. The zero-order valence-electron chi connectivity index (χ0n) is 12.0. The van der Waals surface area contributed by atoms with E-state index >= 15 is 0 Å². The van der Waals surface area contributed by atoms with Gasteiger partial charge in [-0.25, -0.2) is 4.98 Å². The highest BCUT2D eigenvalue weighted by atomic mass is 16.5. The smallest absolute Gasteiger partial charge is 0.123 e. The Kier molecular flexibility index (Phi) is 5.58. The Morgan fingerprint density at radius 1 is 1.25 bits per heavy atom. The van der Waals surface area contributed by atoms with Crippen LogP contribution in [0.3, 0.4) is 0 Å². The first-order valence-electron chi connectivity index (χ1n) is 6.66. The first-order valence-corrected chi connectivity index (χ1v) is 6.66. The van der Waals surface area contributed by atoms with E-state index in [4.69, 9.17) is 9.47 Å². The average Bonchev–Trinajstić information content (AvgIpc) is 2.91. The van der Waals surface area contributed by atoms with Crippen LogP contribution in [0.1, 0.15) is 11.4 Å². The minimum absolute atomic E-state index is 0.702. The van der Waals surface area contributed by atoms with Gasteiger partial charge in [0, 0.05) is 31.6 Å². The van der Waals surface area contributed by atoms with Gasteiger partial charge < -0.3 is 19.4 Å². The maximum absolute atomic E-state index is 5.38. The number of nitrogens with zero attached hydrogens (tertiary/aromatic N) is 2. The predicted octanol–water partition coefficient (Wildman–Crippen LogP) is 1.68. The number of nitrogens with one attached hydrogen (secondary N) is 1. The van der Waals surface area contributed by atoms with Gasteiger partial charge in [-0.2, -0.15) is 0 Å². The molecule has 0 spiro atoms. The summed E-state index contributed by atoms with van der Waals surface area (Å²) >= 11 is 0. The van der Waals surface area contributed by atoms with Gasteiger partial charge in [0.25, 0.3) is 0 Å². The quantitative estimate of drug-likeness (QED) is 0.745. The van der Waals surface area contributed by atoms with Crippen LogP contribution < -0.4 is 10.1 Å². The first kappa shape index (κ1) is 14.6. The summed E-state index contributed by atoms with van der Waals surface area (Å²) in [7, 11) is 3.39. The predicted molar refractivity (Wildman–Crippen MR) is 77.9 cm³/mol. The second kappa shape index (κ2) is 7.67. The van der Waals surface area contributed by atoms with Crippen LogP contribution in [0.25, 0.3) is 0 Å². The molecule has 2 aromatic rings. The molecular weight excluding hydrogens is 254 g/mol. The van der Waals surface area contributed by atoms with E-state index in [2.05, 4.69) is 20.9 Å². The molecule has 1 aromatic carbocycles. The Balaban J connectivity index is 2.01. The van der Waals surface area contributed by atoms with Crippen LogP contribution in [0.4, 0.5) is 0 Å². The maximum atomic E-state index is 5.38. The van der Waals surface area contributed by atoms with Crippen LogP contribution in [0.2, 0.25) is 0 Å². The van der Waals surface area contributed by atoms with Gasteiger partial charge in [0.1, 0.15) is 11.6 Å². The van der Waals surface area contributed by atoms with Crippen molar-refractivity contribution in [2.45, 2.75) is 13.1 Å². The Bertz CT molecular complexity index is 525. The van der Waals surface area contributed by atoms with Crippen molar-refractivity contribution in [2.24, 2.45) is 0 Å². The van der Waals surface area contributed by atoms with Gasteiger partial charge in [0.05, 0.1) is 26.8 Å². The molecule has 0 atom stereocenters. The lowest BCUT2D eigenvalue weighted by Gasteiger charge is -2.11. The van der Waals surface area contributed by atoms with Gasteiger partial charge in [0.15, 0.2) is 0 Å². The molecule has 20 heavy (non-hydrogen) atoms. The van der Waals surface area contributed by atoms with E-state index in [1.54, 1.807) is 14.2 Å². The molecule has 5 heteroatoms. The summed E-state index contributed by atoms with van der Waals surface area (Å²) in [6.45, 7) is 3.00. The lowest BCUT2D eigenvalue weighted by molar-refractivity contribution is 0.199. The van der Waals surface area contributed by atoms with E-state index in [0.29, 0.717) is 6.61 Å². The molecule has 0 bridgehead atoms. The molecule has 1 N–H and O–H groups in total. The van der Waals surface area contributed by atoms with Crippen molar-refractivity contribution in [3.8, 4) is 5.75 Å². The van der Waals surface area contributed by atoms with Crippen LogP contribution in [0, 0.1) is 0 Å². The Morgan fingerprint density at radius 2 is 2.10 bits per heavy atom. The van der Waals surface area contributed by atoms with E-state index in [-0.39, 0.29) is 0 Å². The molecule has 0 fully saturated rings. The molecule has 0 amide bonds. The number of methoxy groups -OCH3 is 2. The minimum atomic E-state index is 0.702. The normalized spacial score (nSPS) is 10.7. The van der Waals surface area contributed by atoms with Crippen molar-refractivity contribution in [1.29, 1.82) is 0 Å². The fraction of sp³-hybridized carbons (Fsp3) is 0.400. The SMILES string of the molecule is COCCNCc1nccn1Cc1ccccc1OC. The third-order valence-electron chi connectivity index (χ3n) is 3.10. The van der Waals surface area contributed by atoms with Crippen molar-refractivity contribution in [3.63, 3.8) is 0 Å². The summed E-state index contributed by atoms with van der Waals surface area (Å²) in [6.07, 6.45) is 3.81. The molecular formula is C15H21N3O2. The van der Waals surface area contributed by atoms with Crippen molar-refractivity contribution in [2.75, 3.05) is 27.4 Å². The van der Waals surface area contributed by atoms with Gasteiger partial charge in [-0.05, 0) is 6.07 Å². The third-order valence-corrected chi connectivity index (χ3v) is 3.10. The maximum Gasteiger partial charge on any atom is 0.123 e. The number of aromatic nitrogens is 2. The van der Waals surface area contributed by atoms with E-state index < -0.39 is 0 Å². The fourth-order valence-corrected chi connectivity index (χ4v) is 2.04. The summed E-state index contributed by atoms with van der Waals surface area (Å²) in [5, 5.41) is 3.30. The van der Waals surface area contributed by atoms with E-state index in [1.165, 1.54) is 0 Å². The van der Waals surface area contributed by atoms with Gasteiger partial charge in [-0.1, -0.05) is 18.2 Å². The molecule has 5 nitrogen and oxygen atoms in total. The average molecular weight is 275 g/mol. The molecule has 0 unspecified atom stereocenters. The molecule has 0 aliphatic heterocycles. The van der Waals surface area contributed by atoms with E-state index in [1.807, 2.05) is 30.6 Å². The molecule has 1 aromatic heterocycles. The summed E-state index contributed by atoms with van der Waals surface area (Å²) in [4.78, 5) is 4.38. The fourth-order valence-electron chi connectivity index (χ4n) is 2.04. The summed E-state index contributed by atoms with van der Waals surface area (Å²) in [5.74, 6) is 1.91. The van der Waals surface area contributed by atoms with Crippen LogP contribution >= 0.6 is 0 Å². The highest BCUT2D eigenvalue weighted by Crippen LogP contribution is 2.18. The lowest BCUT2D eigenvalue weighted by Crippen LogP contribution is -2.21. The van der Waals surface area contributed by atoms with Crippen molar-refractivity contribution >= 4 is 0 Å². The van der Waals surface area contributed by atoms with Crippen LogP contribution in [-0.2, 0) is 17.8 Å². The Labute approximate surface area is 119 Å². The summed E-state index contributed by atoms with van der Waals surface area (Å²) in [6, 6.07) is 8.04. The van der Waals surface area contributed by atoms with E-state index in [0.717, 1.165) is 36.8 Å². The monoisotopic (exact) mass is 275 g/mol. The summed E-state index contributed by atoms with van der Waals surface area (Å²) in [5.41, 5.74) is 1.14. The van der Waals surface area contributed by atoms with Crippen molar-refractivity contribution in [1.82, 2.24) is 14.9 Å². The zero-order chi connectivity index (χ0) is 14.2. The largest absolute Gasteiger partial charge is 0.496 e. The van der Waals surface area contributed by atoms with Crippen LogP contribution in [0.15, 0.2) is 36.7 Å². The minimum Gasteiger partial charge on any atom is -0.496 e. The molecule has 108 valence electrons. The molecule has 0 aliphatic carbocycles. The van der Waals surface area contributed by atoms with E-state index in [9.17, 15) is 0 Å². The molecule has 0 saturated carbocycles. The standard InChI is InChI=1S/C15H21N3O2/c1-19-10-8-16-11-15-17-7-9-18(15)12-13-5-3-4-6-14(13)20-2/h3-7,9,16H,8,10-12H2,1-2H3. The highest BCUT2D eigenvalue weighted by molar-refractivity contribution is 5.33. The highest BCUT2D eigenvalue weighted by Gasteiger charge is 2.06. The van der Waals surface area contributed by atoms with Crippen LogP contribution in [0.5, 0.6) is 5.75 Å². The van der Waals surface area contributed by atoms with Crippen LogP contribution in [-0.4, -0.2) is 36.9 Å². The zero-order valence-corrected chi connectivity index (χ0v) is 12.0. The number of imidazole rings is 1. The molecule has 0 aliphatic rings. The van der Waals surface area contributed by atoms with Gasteiger partial charge in [0.2, 0.25) is 0 Å². The second-order valence-electron chi connectivity index (χ2n) is 4.45. The molecule has 0 radical (unpaired) electrons. The Hall–Kier alpha value is -1.85. The van der Waals surface area contributed by atoms with Crippen molar-refractivity contribution in [3.05, 3.63) is 48.0 Å².